The zero-order valence-electron chi connectivity index (χ0n) is 15.5. The Labute approximate surface area is 173 Å². The second-order valence-corrected chi connectivity index (χ2v) is 6.67. The highest BCUT2D eigenvalue weighted by atomic mass is 32.1. The molecule has 1 atom stereocenters. The van der Waals surface area contributed by atoms with Crippen molar-refractivity contribution in [3.8, 4) is 0 Å². The summed E-state index contributed by atoms with van der Waals surface area (Å²) in [5, 5.41) is 5.57. The Bertz CT molecular complexity index is 982. The summed E-state index contributed by atoms with van der Waals surface area (Å²) in [6.45, 7) is 1.80. The number of nitrogens with one attached hydrogen (secondary N) is 2. The predicted molar refractivity (Wildman–Crippen MR) is 113 cm³/mol. The molecule has 0 bridgehead atoms. The van der Waals surface area contributed by atoms with Crippen LogP contribution in [0, 0.1) is 5.82 Å². The number of nitrogens with zero attached hydrogens (tertiary/aromatic N) is 2. The lowest BCUT2D eigenvalue weighted by Gasteiger charge is -2.21. The van der Waals surface area contributed by atoms with Gasteiger partial charge in [0.2, 0.25) is 0 Å². The van der Waals surface area contributed by atoms with Crippen LogP contribution in [0.3, 0.4) is 0 Å². The molecule has 2 aromatic carbocycles. The normalized spacial score (nSPS) is 11.4. The molecule has 0 spiro atoms. The maximum atomic E-state index is 13.0. The number of carbonyl (C=O) groups excluding carboxylic acids is 2. The number of amides is 3. The van der Waals surface area contributed by atoms with Gasteiger partial charge in [-0.25, -0.2) is 13.5 Å². The van der Waals surface area contributed by atoms with E-state index in [1.165, 1.54) is 12.1 Å². The van der Waals surface area contributed by atoms with Gasteiger partial charge in [0.25, 0.3) is 5.91 Å². The van der Waals surface area contributed by atoms with Crippen molar-refractivity contribution in [1.82, 2.24) is 10.3 Å². The highest BCUT2D eigenvalue weighted by molar-refractivity contribution is 7.82. The largest absolute Gasteiger partial charge is 0.332 e. The van der Waals surface area contributed by atoms with Crippen LogP contribution in [-0.2, 0) is 0 Å². The van der Waals surface area contributed by atoms with Gasteiger partial charge < -0.3 is 10.6 Å². The van der Waals surface area contributed by atoms with E-state index in [-0.39, 0.29) is 17.8 Å². The van der Waals surface area contributed by atoms with Crippen molar-refractivity contribution >= 4 is 36.1 Å². The second-order valence-electron chi connectivity index (χ2n) is 6.27. The molecule has 0 aliphatic rings. The molecule has 3 aromatic rings. The molecule has 1 heterocycles. The maximum absolute atomic E-state index is 13.0. The average molecular weight is 410 g/mol. The summed E-state index contributed by atoms with van der Waals surface area (Å²) in [5.41, 5.74) is 2.38. The summed E-state index contributed by atoms with van der Waals surface area (Å²) in [5.74, 6) is -0.590. The first-order valence-corrected chi connectivity index (χ1v) is 9.20. The van der Waals surface area contributed by atoms with Crippen molar-refractivity contribution < 1.29 is 14.0 Å². The molecule has 1 unspecified atom stereocenters. The molecular formula is C21H19FN4O2S. The van der Waals surface area contributed by atoms with Gasteiger partial charge in [-0.15, -0.1) is 0 Å². The number of halogens is 1. The number of rotatable bonds is 5. The molecule has 0 saturated carbocycles. The molecule has 3 rings (SSSR count). The Morgan fingerprint density at radius 3 is 2.24 bits per heavy atom. The predicted octanol–water partition coefficient (Wildman–Crippen LogP) is 4.60. The summed E-state index contributed by atoms with van der Waals surface area (Å²) in [6.07, 6.45) is 3.09. The Morgan fingerprint density at radius 1 is 1.00 bits per heavy atom. The van der Waals surface area contributed by atoms with E-state index in [1.807, 2.05) is 0 Å². The highest BCUT2D eigenvalue weighted by Crippen LogP contribution is 2.21. The summed E-state index contributed by atoms with van der Waals surface area (Å²) < 4.78 is 14.2. The molecule has 148 valence electrons. The standard InChI is InChI=1S/C21H19FN4O2S/c1-14(15-2-4-17(22)5-3-15)24-21(28)26(29)19-8-6-18(7-9-19)25-20(27)16-10-12-23-13-11-16/h2-14,29H,1H3,(H,24,28)(H,25,27). The van der Waals surface area contributed by atoms with Crippen molar-refractivity contribution in [3.63, 3.8) is 0 Å². The fraction of sp³-hybridized carbons (Fsp3) is 0.0952. The van der Waals surface area contributed by atoms with Gasteiger partial charge in [0.15, 0.2) is 0 Å². The zero-order chi connectivity index (χ0) is 20.8. The summed E-state index contributed by atoms with van der Waals surface area (Å²) >= 11 is 4.25. The van der Waals surface area contributed by atoms with Crippen LogP contribution in [0.1, 0.15) is 28.9 Å². The van der Waals surface area contributed by atoms with Crippen LogP contribution in [0.4, 0.5) is 20.6 Å². The second kappa shape index (κ2) is 9.20. The van der Waals surface area contributed by atoms with E-state index in [0.29, 0.717) is 16.9 Å². The van der Waals surface area contributed by atoms with Crippen LogP contribution < -0.4 is 14.9 Å². The van der Waals surface area contributed by atoms with E-state index < -0.39 is 6.03 Å². The molecule has 0 saturated heterocycles. The number of thiol groups is 1. The minimum Gasteiger partial charge on any atom is -0.330 e. The first-order chi connectivity index (χ1) is 13.9. The van der Waals surface area contributed by atoms with Gasteiger partial charge in [-0.2, -0.15) is 0 Å². The molecule has 2 N–H and O–H groups in total. The number of carbonyl (C=O) groups is 2. The zero-order valence-corrected chi connectivity index (χ0v) is 16.4. The Kier molecular flexibility index (Phi) is 6.46. The van der Waals surface area contributed by atoms with E-state index >= 15 is 0 Å². The number of benzene rings is 2. The minimum absolute atomic E-state index is 0.256. The smallest absolute Gasteiger partial charge is 0.330 e. The van der Waals surface area contributed by atoms with Gasteiger partial charge in [-0.1, -0.05) is 24.9 Å². The molecule has 0 fully saturated rings. The molecular weight excluding hydrogens is 391 g/mol. The summed E-state index contributed by atoms with van der Waals surface area (Å²) in [6, 6.07) is 15.1. The Morgan fingerprint density at radius 2 is 1.62 bits per heavy atom. The van der Waals surface area contributed by atoms with Gasteiger partial charge >= 0.3 is 6.03 Å². The third-order valence-electron chi connectivity index (χ3n) is 4.21. The monoisotopic (exact) mass is 410 g/mol. The van der Waals surface area contributed by atoms with Crippen LogP contribution in [0.5, 0.6) is 0 Å². The van der Waals surface area contributed by atoms with Crippen molar-refractivity contribution in [2.75, 3.05) is 9.62 Å². The Balaban J connectivity index is 1.60. The average Bonchev–Trinajstić information content (AvgIpc) is 2.74. The third kappa shape index (κ3) is 5.32. The van der Waals surface area contributed by atoms with E-state index in [0.717, 1.165) is 9.87 Å². The molecule has 0 aliphatic carbocycles. The van der Waals surface area contributed by atoms with Gasteiger partial charge in [-0.05, 0) is 61.0 Å². The first kappa shape index (κ1) is 20.3. The lowest BCUT2D eigenvalue weighted by molar-refractivity contribution is 0.102. The minimum atomic E-state index is -0.432. The fourth-order valence-electron chi connectivity index (χ4n) is 2.59. The fourth-order valence-corrected chi connectivity index (χ4v) is 2.78. The van der Waals surface area contributed by atoms with E-state index in [1.54, 1.807) is 67.8 Å². The molecule has 6 nitrogen and oxygen atoms in total. The molecule has 0 radical (unpaired) electrons. The quantitative estimate of drug-likeness (QED) is 0.539. The van der Waals surface area contributed by atoms with Gasteiger partial charge in [-0.3, -0.25) is 9.78 Å². The molecule has 1 aromatic heterocycles. The van der Waals surface area contributed by atoms with Crippen LogP contribution in [0.15, 0.2) is 73.1 Å². The van der Waals surface area contributed by atoms with E-state index in [2.05, 4.69) is 28.4 Å². The van der Waals surface area contributed by atoms with E-state index in [9.17, 15) is 14.0 Å². The third-order valence-corrected chi connectivity index (χ3v) is 4.63. The highest BCUT2D eigenvalue weighted by Gasteiger charge is 2.16. The van der Waals surface area contributed by atoms with E-state index in [4.69, 9.17) is 0 Å². The van der Waals surface area contributed by atoms with Crippen LogP contribution >= 0.6 is 12.8 Å². The molecule has 3 amide bonds. The van der Waals surface area contributed by atoms with Gasteiger partial charge in [0, 0.05) is 23.6 Å². The van der Waals surface area contributed by atoms with Crippen molar-refractivity contribution in [2.24, 2.45) is 0 Å². The molecule has 8 heteroatoms. The lowest BCUT2D eigenvalue weighted by Crippen LogP contribution is -2.35. The summed E-state index contributed by atoms with van der Waals surface area (Å²) in [7, 11) is 0. The van der Waals surface area contributed by atoms with Gasteiger partial charge in [0.1, 0.15) is 5.82 Å². The van der Waals surface area contributed by atoms with Gasteiger partial charge in [0.05, 0.1) is 11.7 Å². The number of urea groups is 1. The SMILES string of the molecule is CC(NC(=O)N(S)c1ccc(NC(=O)c2ccncc2)cc1)c1ccc(F)cc1. The van der Waals surface area contributed by atoms with Crippen molar-refractivity contribution in [3.05, 3.63) is 90.0 Å². The molecule has 29 heavy (non-hydrogen) atoms. The topological polar surface area (TPSA) is 74.3 Å². The number of hydrogen-bond acceptors (Lipinski definition) is 4. The number of aromatic nitrogens is 1. The van der Waals surface area contributed by atoms with Crippen molar-refractivity contribution in [1.29, 1.82) is 0 Å². The first-order valence-electron chi connectivity index (χ1n) is 8.80. The summed E-state index contributed by atoms with van der Waals surface area (Å²) in [4.78, 5) is 28.5. The van der Waals surface area contributed by atoms with Crippen LogP contribution in [0.2, 0.25) is 0 Å². The lowest BCUT2D eigenvalue weighted by atomic mass is 10.1. The van der Waals surface area contributed by atoms with Crippen LogP contribution in [-0.4, -0.2) is 16.9 Å². The van der Waals surface area contributed by atoms with Crippen molar-refractivity contribution in [2.45, 2.75) is 13.0 Å². The molecule has 0 aliphatic heterocycles. The Hall–Kier alpha value is -3.39. The number of hydrogen-bond donors (Lipinski definition) is 3. The maximum Gasteiger partial charge on any atom is 0.332 e. The number of anilines is 2. The van der Waals surface area contributed by atoms with Crippen LogP contribution in [0.25, 0.3) is 0 Å². The number of pyridine rings is 1.